The van der Waals surface area contributed by atoms with E-state index in [2.05, 4.69) is 41.4 Å². The van der Waals surface area contributed by atoms with Crippen LogP contribution in [0.1, 0.15) is 25.1 Å². The van der Waals surface area contributed by atoms with Crippen LogP contribution in [0.4, 0.5) is 0 Å². The lowest BCUT2D eigenvalue weighted by Gasteiger charge is -2.11. The maximum absolute atomic E-state index is 12.4. The number of halogens is 1. The molecule has 11 nitrogen and oxygen atoms in total. The molecule has 4 aromatic rings. The molecule has 0 radical (unpaired) electrons. The molecule has 1 N–H and O–H groups in total. The average Bonchev–Trinajstić information content (AvgIpc) is 3.58. The summed E-state index contributed by atoms with van der Waals surface area (Å²) in [5.41, 5.74) is 2.33. The van der Waals surface area contributed by atoms with E-state index in [1.807, 2.05) is 18.3 Å². The van der Waals surface area contributed by atoms with E-state index in [0.717, 1.165) is 36.0 Å². The van der Waals surface area contributed by atoms with E-state index in [4.69, 9.17) is 4.98 Å². The van der Waals surface area contributed by atoms with Crippen LogP contribution in [0.3, 0.4) is 0 Å². The number of nitrogens with one attached hydrogen (secondary N) is 1. The minimum Gasteiger partial charge on any atom is -0.355 e. The first kappa shape index (κ1) is 24.5. The van der Waals surface area contributed by atoms with Crippen molar-refractivity contribution < 1.29 is 13.2 Å². The second-order valence-electron chi connectivity index (χ2n) is 9.08. The van der Waals surface area contributed by atoms with E-state index in [9.17, 15) is 13.2 Å². The monoisotopic (exact) mass is 572 g/mol. The fourth-order valence-corrected chi connectivity index (χ4v) is 5.41. The molecule has 1 aliphatic carbocycles. The molecule has 2 atom stereocenters. The Kier molecular flexibility index (Phi) is 6.84. The SMILES string of the molecule is CS(=O)(=O)CCNC(=O)[C@@H]1CC[C@@H](Cc2ncc3c(Br)nn(-c4cnn(-c5ccncc5)c4)c3n2)C1. The van der Waals surface area contributed by atoms with Crippen LogP contribution >= 0.6 is 15.9 Å². The minimum absolute atomic E-state index is 0.0482. The summed E-state index contributed by atoms with van der Waals surface area (Å²) in [5, 5.41) is 12.6. The number of pyridine rings is 1. The third-order valence-corrected chi connectivity index (χ3v) is 7.86. The summed E-state index contributed by atoms with van der Waals surface area (Å²) in [7, 11) is -3.10. The highest BCUT2D eigenvalue weighted by molar-refractivity contribution is 9.10. The van der Waals surface area contributed by atoms with Gasteiger partial charge in [0.1, 0.15) is 26.0 Å². The number of amides is 1. The molecule has 1 saturated carbocycles. The highest BCUT2D eigenvalue weighted by Gasteiger charge is 2.30. The zero-order chi connectivity index (χ0) is 25.3. The number of hydrogen-bond donors (Lipinski definition) is 1. The van der Waals surface area contributed by atoms with Gasteiger partial charge in [-0.3, -0.25) is 9.78 Å². The molecule has 36 heavy (non-hydrogen) atoms. The second-order valence-corrected chi connectivity index (χ2v) is 12.1. The van der Waals surface area contributed by atoms with Crippen molar-refractivity contribution in [2.75, 3.05) is 18.6 Å². The summed E-state index contributed by atoms with van der Waals surface area (Å²) in [4.78, 5) is 25.8. The van der Waals surface area contributed by atoms with Gasteiger partial charge in [-0.1, -0.05) is 0 Å². The van der Waals surface area contributed by atoms with Gasteiger partial charge in [0.25, 0.3) is 0 Å². The third-order valence-electron chi connectivity index (χ3n) is 6.33. The standard InChI is InChI=1S/C23H25BrN8O3S/c1-36(34,35)9-8-26-23(33)16-3-2-15(10-16)11-20-27-13-19-21(24)30-32(22(19)29-20)18-12-28-31(14-18)17-4-6-25-7-5-17/h4-7,12-16H,2-3,8-11H2,1H3,(H,26,33)/t15-,16-/m1/s1. The highest BCUT2D eigenvalue weighted by atomic mass is 79.9. The Morgan fingerprint density at radius 2 is 2.00 bits per heavy atom. The molecule has 188 valence electrons. The number of carbonyl (C=O) groups is 1. The van der Waals surface area contributed by atoms with Crippen molar-refractivity contribution in [2.24, 2.45) is 11.8 Å². The van der Waals surface area contributed by atoms with Crippen LogP contribution in [-0.2, 0) is 21.1 Å². The maximum atomic E-state index is 12.4. The fourth-order valence-electron chi connectivity index (χ4n) is 4.50. The van der Waals surface area contributed by atoms with E-state index >= 15 is 0 Å². The largest absolute Gasteiger partial charge is 0.355 e. The Labute approximate surface area is 216 Å². The zero-order valence-corrected chi connectivity index (χ0v) is 22.0. The van der Waals surface area contributed by atoms with Gasteiger partial charge in [-0.05, 0) is 53.2 Å². The zero-order valence-electron chi connectivity index (χ0n) is 19.6. The number of carbonyl (C=O) groups excluding carboxylic acids is 1. The van der Waals surface area contributed by atoms with Crippen LogP contribution in [-0.4, -0.2) is 67.4 Å². The smallest absolute Gasteiger partial charge is 0.223 e. The Morgan fingerprint density at radius 3 is 2.78 bits per heavy atom. The normalized spacial score (nSPS) is 18.1. The Morgan fingerprint density at radius 1 is 1.19 bits per heavy atom. The first-order chi connectivity index (χ1) is 17.3. The van der Waals surface area contributed by atoms with Gasteiger partial charge in [0.05, 0.1) is 29.2 Å². The topological polar surface area (TPSA) is 138 Å². The van der Waals surface area contributed by atoms with Crippen LogP contribution < -0.4 is 5.32 Å². The van der Waals surface area contributed by atoms with Gasteiger partial charge in [-0.25, -0.2) is 27.7 Å². The van der Waals surface area contributed by atoms with E-state index < -0.39 is 9.84 Å². The van der Waals surface area contributed by atoms with E-state index in [1.165, 1.54) is 6.26 Å². The van der Waals surface area contributed by atoms with Crippen molar-refractivity contribution >= 4 is 42.7 Å². The Balaban J connectivity index is 1.29. The summed E-state index contributed by atoms with van der Waals surface area (Å²) in [6.07, 6.45) is 13.0. The molecule has 4 aromatic heterocycles. The van der Waals surface area contributed by atoms with Gasteiger partial charge in [0, 0.05) is 43.7 Å². The van der Waals surface area contributed by atoms with Gasteiger partial charge < -0.3 is 5.32 Å². The molecular weight excluding hydrogens is 548 g/mol. The van der Waals surface area contributed by atoms with Crippen LogP contribution in [0.25, 0.3) is 22.4 Å². The summed E-state index contributed by atoms with van der Waals surface area (Å²) < 4.78 is 26.7. The number of hydrogen-bond acceptors (Lipinski definition) is 8. The predicted octanol–water partition coefficient (Wildman–Crippen LogP) is 2.28. The molecule has 0 bridgehead atoms. The number of aromatic nitrogens is 7. The second kappa shape index (κ2) is 10.1. The van der Waals surface area contributed by atoms with Gasteiger partial charge in [-0.2, -0.15) is 10.2 Å². The van der Waals surface area contributed by atoms with Crippen LogP contribution in [0, 0.1) is 11.8 Å². The lowest BCUT2D eigenvalue weighted by molar-refractivity contribution is -0.124. The Hall–Kier alpha value is -3.19. The van der Waals surface area contributed by atoms with Crippen molar-refractivity contribution in [2.45, 2.75) is 25.7 Å². The lowest BCUT2D eigenvalue weighted by Crippen LogP contribution is -2.33. The average molecular weight is 573 g/mol. The summed E-state index contributed by atoms with van der Waals surface area (Å²) in [6.45, 7) is 0.148. The Bertz CT molecular complexity index is 1500. The van der Waals surface area contributed by atoms with Crippen LogP contribution in [0.15, 0.2) is 47.7 Å². The number of nitrogens with zero attached hydrogens (tertiary/aromatic N) is 7. The molecule has 4 heterocycles. The summed E-state index contributed by atoms with van der Waals surface area (Å²) in [5.74, 6) is 0.735. The van der Waals surface area contributed by atoms with Gasteiger partial charge in [0.15, 0.2) is 5.65 Å². The molecule has 0 spiro atoms. The van der Waals surface area contributed by atoms with Gasteiger partial charge in [0.2, 0.25) is 5.91 Å². The molecule has 1 amide bonds. The van der Waals surface area contributed by atoms with Crippen molar-refractivity contribution in [3.63, 3.8) is 0 Å². The number of sulfone groups is 1. The molecule has 0 saturated heterocycles. The first-order valence-corrected chi connectivity index (χ1v) is 14.4. The van der Waals surface area contributed by atoms with E-state index in [-0.39, 0.29) is 30.0 Å². The molecule has 1 aliphatic rings. The predicted molar refractivity (Wildman–Crippen MR) is 137 cm³/mol. The maximum Gasteiger partial charge on any atom is 0.223 e. The molecule has 0 aliphatic heterocycles. The highest BCUT2D eigenvalue weighted by Crippen LogP contribution is 2.33. The van der Waals surface area contributed by atoms with Gasteiger partial charge in [-0.15, -0.1) is 0 Å². The van der Waals surface area contributed by atoms with Crippen molar-refractivity contribution in [1.29, 1.82) is 0 Å². The molecule has 5 rings (SSSR count). The summed E-state index contributed by atoms with van der Waals surface area (Å²) in [6, 6.07) is 3.74. The van der Waals surface area contributed by atoms with Gasteiger partial charge >= 0.3 is 0 Å². The quantitative estimate of drug-likeness (QED) is 0.339. The van der Waals surface area contributed by atoms with Crippen LogP contribution in [0.2, 0.25) is 0 Å². The fraction of sp³-hybridized carbons (Fsp3) is 0.391. The van der Waals surface area contributed by atoms with E-state index in [0.29, 0.717) is 22.5 Å². The minimum atomic E-state index is -3.10. The van der Waals surface area contributed by atoms with Crippen molar-refractivity contribution in [1.82, 2.24) is 39.8 Å². The summed E-state index contributed by atoms with van der Waals surface area (Å²) >= 11 is 3.51. The number of rotatable bonds is 8. The molecule has 13 heteroatoms. The molecule has 1 fully saturated rings. The third kappa shape index (κ3) is 5.46. The van der Waals surface area contributed by atoms with Crippen molar-refractivity contribution in [3.05, 3.63) is 53.5 Å². The lowest BCUT2D eigenvalue weighted by atomic mass is 10.0. The molecule has 0 aromatic carbocycles. The molecular formula is C23H25BrN8O3S. The molecule has 0 unspecified atom stereocenters. The number of fused-ring (bicyclic) bond motifs is 1. The van der Waals surface area contributed by atoms with Crippen molar-refractivity contribution in [3.8, 4) is 11.4 Å². The first-order valence-electron chi connectivity index (χ1n) is 11.6. The van der Waals surface area contributed by atoms with E-state index in [1.54, 1.807) is 34.2 Å². The van der Waals surface area contributed by atoms with Crippen LogP contribution in [0.5, 0.6) is 0 Å².